The Labute approximate surface area is 119 Å². The molecule has 1 heterocycles. The number of hydrogen-bond acceptors (Lipinski definition) is 3. The van der Waals surface area contributed by atoms with Crippen molar-refractivity contribution in [3.05, 3.63) is 30.1 Å². The van der Waals surface area contributed by atoms with Crippen LogP contribution in [0.2, 0.25) is 0 Å². The zero-order valence-corrected chi connectivity index (χ0v) is 12.7. The van der Waals surface area contributed by atoms with Crippen LogP contribution in [0.25, 0.3) is 0 Å². The van der Waals surface area contributed by atoms with Crippen LogP contribution >= 0.6 is 0 Å². The molecule has 3 nitrogen and oxygen atoms in total. The van der Waals surface area contributed by atoms with Crippen LogP contribution in [0, 0.1) is 11.7 Å². The third kappa shape index (κ3) is 2.70. The minimum Gasteiger partial charge on any atom is -0.374 e. The van der Waals surface area contributed by atoms with Crippen LogP contribution in [0.3, 0.4) is 0 Å². The largest absolute Gasteiger partial charge is 0.374 e. The Morgan fingerprint density at radius 1 is 1.30 bits per heavy atom. The first-order valence-electron chi connectivity index (χ1n) is 6.85. The van der Waals surface area contributed by atoms with Gasteiger partial charge in [-0.05, 0) is 45.9 Å². The molecule has 4 heteroatoms. The van der Waals surface area contributed by atoms with E-state index in [2.05, 4.69) is 0 Å². The molecule has 0 radical (unpaired) electrons. The number of hydrogen-bond donors (Lipinski definition) is 0. The second-order valence-electron chi connectivity index (χ2n) is 6.49. The molecular formula is C16H22FNO2. The summed E-state index contributed by atoms with van der Waals surface area (Å²) in [5, 5.41) is 0. The smallest absolute Gasteiger partial charge is 0.171 e. The number of ketones is 1. The summed E-state index contributed by atoms with van der Waals surface area (Å²) in [5.74, 6) is -0.403. The fraction of sp³-hybridized carbons (Fsp3) is 0.562. The van der Waals surface area contributed by atoms with Crippen LogP contribution in [0.5, 0.6) is 0 Å². The summed E-state index contributed by atoms with van der Waals surface area (Å²) in [6.07, 6.45) is 0. The molecular weight excluding hydrogens is 257 g/mol. The van der Waals surface area contributed by atoms with E-state index in [0.717, 1.165) is 5.69 Å². The Morgan fingerprint density at radius 3 is 2.45 bits per heavy atom. The third-order valence-corrected chi connectivity index (χ3v) is 3.97. The van der Waals surface area contributed by atoms with E-state index < -0.39 is 11.2 Å². The molecule has 1 aromatic rings. The number of nitrogens with zero attached hydrogens (tertiary/aromatic N) is 1. The molecule has 0 spiro atoms. The molecule has 1 aliphatic rings. The molecule has 110 valence electrons. The Balaban J connectivity index is 2.19. The predicted molar refractivity (Wildman–Crippen MR) is 77.4 cm³/mol. The molecule has 1 atom stereocenters. The maximum Gasteiger partial charge on any atom is 0.171 e. The monoisotopic (exact) mass is 279 g/mol. The maximum absolute atomic E-state index is 13.3. The lowest BCUT2D eigenvalue weighted by molar-refractivity contribution is -0.132. The van der Waals surface area contributed by atoms with Crippen molar-refractivity contribution < 1.29 is 13.9 Å². The molecule has 20 heavy (non-hydrogen) atoms. The molecule has 1 fully saturated rings. The standard InChI is InChI=1S/C16H22FNO2/c1-15(2)13(14(19)16(3,4)20-15)10-18(5)12-8-6-7-11(17)9-12/h6-9,13H,10H2,1-5H3. The van der Waals surface area contributed by atoms with E-state index in [4.69, 9.17) is 4.74 Å². The molecule has 0 saturated carbocycles. The number of carbonyl (C=O) groups excluding carboxylic acids is 1. The average molecular weight is 279 g/mol. The lowest BCUT2D eigenvalue weighted by Crippen LogP contribution is -2.39. The highest BCUT2D eigenvalue weighted by atomic mass is 19.1. The van der Waals surface area contributed by atoms with Crippen LogP contribution in [-0.4, -0.2) is 30.6 Å². The van der Waals surface area contributed by atoms with Crippen LogP contribution in [0.1, 0.15) is 27.7 Å². The number of Topliss-reactive ketones (excluding diaryl/α,β-unsaturated/α-hetero) is 1. The van der Waals surface area contributed by atoms with E-state index in [9.17, 15) is 9.18 Å². The van der Waals surface area contributed by atoms with Gasteiger partial charge in [-0.3, -0.25) is 4.79 Å². The van der Waals surface area contributed by atoms with Gasteiger partial charge in [-0.25, -0.2) is 4.39 Å². The normalized spacial score (nSPS) is 23.9. The van der Waals surface area contributed by atoms with E-state index >= 15 is 0 Å². The SMILES string of the molecule is CN(CC1C(=O)C(C)(C)OC1(C)C)c1cccc(F)c1. The van der Waals surface area contributed by atoms with Crippen LogP contribution in [0.15, 0.2) is 24.3 Å². The quantitative estimate of drug-likeness (QED) is 0.851. The zero-order valence-electron chi connectivity index (χ0n) is 12.7. The van der Waals surface area contributed by atoms with Gasteiger partial charge in [0.2, 0.25) is 0 Å². The van der Waals surface area contributed by atoms with Gasteiger partial charge in [0.1, 0.15) is 11.4 Å². The molecule has 0 amide bonds. The highest BCUT2D eigenvalue weighted by Crippen LogP contribution is 2.39. The molecule has 0 bridgehead atoms. The number of anilines is 1. The molecule has 0 aliphatic carbocycles. The van der Waals surface area contributed by atoms with Gasteiger partial charge in [-0.1, -0.05) is 6.07 Å². The van der Waals surface area contributed by atoms with E-state index in [1.807, 2.05) is 31.9 Å². The summed E-state index contributed by atoms with van der Waals surface area (Å²) in [7, 11) is 1.86. The highest BCUT2D eigenvalue weighted by molar-refractivity contribution is 5.92. The van der Waals surface area contributed by atoms with Gasteiger partial charge in [-0.15, -0.1) is 0 Å². The summed E-state index contributed by atoms with van der Waals surface area (Å²) in [4.78, 5) is 14.4. The van der Waals surface area contributed by atoms with E-state index in [1.54, 1.807) is 19.9 Å². The first kappa shape index (κ1) is 15.0. The Kier molecular flexibility index (Phi) is 3.63. The number of ether oxygens (including phenoxy) is 1. The van der Waals surface area contributed by atoms with Crippen LogP contribution in [0.4, 0.5) is 10.1 Å². The maximum atomic E-state index is 13.3. The van der Waals surface area contributed by atoms with E-state index in [1.165, 1.54) is 12.1 Å². The van der Waals surface area contributed by atoms with Gasteiger partial charge in [0.15, 0.2) is 5.78 Å². The summed E-state index contributed by atoms with van der Waals surface area (Å²) in [6.45, 7) is 7.99. The van der Waals surface area contributed by atoms with Crippen molar-refractivity contribution in [3.8, 4) is 0 Å². The van der Waals surface area contributed by atoms with Crippen LogP contribution in [-0.2, 0) is 9.53 Å². The van der Waals surface area contributed by atoms with E-state index in [0.29, 0.717) is 6.54 Å². The fourth-order valence-corrected chi connectivity index (χ4v) is 2.91. The van der Waals surface area contributed by atoms with Gasteiger partial charge in [0.25, 0.3) is 0 Å². The molecule has 0 aromatic heterocycles. The van der Waals surface area contributed by atoms with Gasteiger partial charge in [0.05, 0.1) is 11.5 Å². The highest BCUT2D eigenvalue weighted by Gasteiger charge is 2.53. The number of rotatable bonds is 3. The topological polar surface area (TPSA) is 29.5 Å². The summed E-state index contributed by atoms with van der Waals surface area (Å²) >= 11 is 0. The van der Waals surface area contributed by atoms with Gasteiger partial charge in [0, 0.05) is 19.3 Å². The average Bonchev–Trinajstić information content (AvgIpc) is 2.47. The number of benzene rings is 1. The Bertz CT molecular complexity index is 525. The first-order valence-corrected chi connectivity index (χ1v) is 6.85. The minimum atomic E-state index is -0.753. The van der Waals surface area contributed by atoms with Gasteiger partial charge >= 0.3 is 0 Å². The first-order chi connectivity index (χ1) is 9.13. The Morgan fingerprint density at radius 2 is 1.95 bits per heavy atom. The summed E-state index contributed by atoms with van der Waals surface area (Å²) < 4.78 is 19.1. The minimum absolute atomic E-state index is 0.103. The summed E-state index contributed by atoms with van der Waals surface area (Å²) in [6, 6.07) is 6.39. The predicted octanol–water partition coefficient (Wildman–Crippen LogP) is 3.03. The van der Waals surface area contributed by atoms with Crippen LogP contribution < -0.4 is 4.90 Å². The molecule has 1 saturated heterocycles. The Hall–Kier alpha value is -1.42. The second kappa shape index (κ2) is 4.85. The van der Waals surface area contributed by atoms with Gasteiger partial charge < -0.3 is 9.64 Å². The summed E-state index contributed by atoms with van der Waals surface area (Å²) in [5.41, 5.74) is -0.502. The molecule has 0 N–H and O–H groups in total. The zero-order chi connectivity index (χ0) is 15.1. The lowest BCUT2D eigenvalue weighted by atomic mass is 9.85. The molecule has 1 unspecified atom stereocenters. The van der Waals surface area contributed by atoms with Crippen molar-refractivity contribution >= 4 is 11.5 Å². The number of carbonyl (C=O) groups is 1. The molecule has 1 aliphatic heterocycles. The van der Waals surface area contributed by atoms with Gasteiger partial charge in [-0.2, -0.15) is 0 Å². The molecule has 2 rings (SSSR count). The number of halogens is 1. The van der Waals surface area contributed by atoms with Crippen molar-refractivity contribution in [2.24, 2.45) is 5.92 Å². The van der Waals surface area contributed by atoms with Crippen molar-refractivity contribution in [3.63, 3.8) is 0 Å². The van der Waals surface area contributed by atoms with E-state index in [-0.39, 0.29) is 17.5 Å². The molecule has 1 aromatic carbocycles. The second-order valence-corrected chi connectivity index (χ2v) is 6.49. The third-order valence-electron chi connectivity index (χ3n) is 3.97. The fourth-order valence-electron chi connectivity index (χ4n) is 2.91. The van der Waals surface area contributed by atoms with Crippen molar-refractivity contribution in [2.45, 2.75) is 38.9 Å². The van der Waals surface area contributed by atoms with Crippen molar-refractivity contribution in [1.29, 1.82) is 0 Å². The van der Waals surface area contributed by atoms with Crippen molar-refractivity contribution in [1.82, 2.24) is 0 Å². The van der Waals surface area contributed by atoms with Crippen molar-refractivity contribution in [2.75, 3.05) is 18.5 Å². The lowest BCUT2D eigenvalue weighted by Gasteiger charge is -2.29.